The number of benzene rings is 2. The standard InChI is InChI=1S/C54H64ClF2N11O4/c1-32(69)66-21-17-45-43(31-66)49(67-18-7-8-33-22-41(36-28-62-64(6)30-36)42(48(56)57)24-46(33)67)63-68(45)37-10-13-38(14-11-37)71-39-15-19-65(20-16-39)52-60-26-35(27-61-52)47(70)29-59-50-53(2,3)51(54(50,4)5)72-40-12-9-34(25-58)44(55)23-40/h9,12,22-24,26-28,30,37-39,48,50-51,59H,7-8,10-11,13-21,29,31H2,1-6H3. The molecule has 1 N–H and O–H groups in total. The number of carbonyl (C=O) groups is 2. The summed E-state index contributed by atoms with van der Waals surface area (Å²) in [7, 11) is 1.79. The molecule has 3 aromatic heterocycles. The molecular formula is C54H64ClF2N11O4. The number of amides is 1. The van der Waals surface area contributed by atoms with Gasteiger partial charge in [-0.15, -0.1) is 0 Å². The van der Waals surface area contributed by atoms with Gasteiger partial charge in [0.2, 0.25) is 11.9 Å². The molecule has 0 radical (unpaired) electrons. The summed E-state index contributed by atoms with van der Waals surface area (Å²) >= 11 is 6.27. The van der Waals surface area contributed by atoms with E-state index in [0.717, 1.165) is 92.8 Å². The van der Waals surface area contributed by atoms with Gasteiger partial charge in [0.15, 0.2) is 11.6 Å². The maximum atomic E-state index is 14.8. The minimum Gasteiger partial charge on any atom is -0.489 e. The number of ketones is 1. The van der Waals surface area contributed by atoms with Gasteiger partial charge in [-0.1, -0.05) is 39.3 Å². The Labute approximate surface area is 424 Å². The van der Waals surface area contributed by atoms with Gasteiger partial charge in [0.05, 0.1) is 53.7 Å². The fourth-order valence-electron chi connectivity index (χ4n) is 12.6. The summed E-state index contributed by atoms with van der Waals surface area (Å²) < 4.78 is 46.6. The number of nitrogens with zero attached hydrogens (tertiary/aromatic N) is 10. The Kier molecular flexibility index (Phi) is 13.6. The van der Waals surface area contributed by atoms with Crippen molar-refractivity contribution in [3.63, 3.8) is 0 Å². The van der Waals surface area contributed by atoms with Crippen LogP contribution in [0.3, 0.4) is 0 Å². The second-order valence-corrected chi connectivity index (χ2v) is 22.0. The first-order valence-electron chi connectivity index (χ1n) is 25.4. The molecule has 3 fully saturated rings. The molecule has 3 aliphatic heterocycles. The zero-order chi connectivity index (χ0) is 50.6. The van der Waals surface area contributed by atoms with Crippen LogP contribution >= 0.6 is 11.6 Å². The Morgan fingerprint density at radius 2 is 1.67 bits per heavy atom. The SMILES string of the molecule is CC(=O)N1CCc2c(c(N3CCCc4cc(-c5cnn(C)c5)c(C(F)F)cc43)nn2C2CCC(OC3CCN(c4ncc(C(=O)CNC5C(C)(C)C(Oc6ccc(C#N)c(Cl)c6)C5(C)C)cn4)CC3)CC2)C1. The quantitative estimate of drug-likeness (QED) is 0.112. The number of fused-ring (bicyclic) bond motifs is 2. The second-order valence-electron chi connectivity index (χ2n) is 21.6. The topological polar surface area (TPSA) is 160 Å². The third kappa shape index (κ3) is 9.46. The first kappa shape index (κ1) is 49.6. The van der Waals surface area contributed by atoms with E-state index in [1.807, 2.05) is 11.0 Å². The molecule has 0 atom stereocenters. The molecule has 5 aliphatic rings. The average Bonchev–Trinajstić information content (AvgIpc) is 3.98. The van der Waals surface area contributed by atoms with Crippen LogP contribution in [0.1, 0.15) is 130 Å². The zero-order valence-electron chi connectivity index (χ0n) is 42.0. The van der Waals surface area contributed by atoms with Crippen LogP contribution in [0.5, 0.6) is 5.75 Å². The molecule has 72 heavy (non-hydrogen) atoms. The van der Waals surface area contributed by atoms with Gasteiger partial charge in [-0.25, -0.2) is 18.7 Å². The third-order valence-electron chi connectivity index (χ3n) is 16.1. The molecule has 6 heterocycles. The number of anilines is 3. The second kappa shape index (κ2) is 19.8. The monoisotopic (exact) mass is 1000 g/mol. The lowest BCUT2D eigenvalue weighted by Crippen LogP contribution is -2.74. The number of piperidine rings is 1. The van der Waals surface area contributed by atoms with Crippen molar-refractivity contribution in [1.29, 1.82) is 5.26 Å². The number of hydrogen-bond acceptors (Lipinski definition) is 12. The molecule has 10 rings (SSSR count). The van der Waals surface area contributed by atoms with Crippen LogP contribution in [0.15, 0.2) is 55.1 Å². The van der Waals surface area contributed by atoms with Crippen molar-refractivity contribution in [2.45, 2.75) is 136 Å². The number of nitriles is 1. The molecule has 2 aliphatic carbocycles. The van der Waals surface area contributed by atoms with E-state index in [2.05, 4.69) is 68.6 Å². The fraction of sp³-hybridized carbons (Fsp3) is 0.537. The van der Waals surface area contributed by atoms with Crippen LogP contribution in [0, 0.1) is 22.2 Å². The molecule has 0 bridgehead atoms. The van der Waals surface area contributed by atoms with Gasteiger partial charge >= 0.3 is 0 Å². The number of hydrogen-bond donors (Lipinski definition) is 1. The van der Waals surface area contributed by atoms with Gasteiger partial charge in [0.1, 0.15) is 17.9 Å². The molecule has 5 aromatic rings. The minimum atomic E-state index is -2.67. The number of alkyl halides is 2. The molecule has 380 valence electrons. The summed E-state index contributed by atoms with van der Waals surface area (Å²) in [6.45, 7) is 13.4. The van der Waals surface area contributed by atoms with Crippen LogP contribution in [-0.4, -0.2) is 103 Å². The van der Waals surface area contributed by atoms with E-state index in [4.69, 9.17) is 26.2 Å². The Bertz CT molecular complexity index is 2860. The smallest absolute Gasteiger partial charge is 0.264 e. The van der Waals surface area contributed by atoms with E-state index >= 15 is 0 Å². The van der Waals surface area contributed by atoms with Gasteiger partial charge in [0.25, 0.3) is 6.43 Å². The predicted molar refractivity (Wildman–Crippen MR) is 270 cm³/mol. The molecule has 1 amide bonds. The lowest BCUT2D eigenvalue weighted by molar-refractivity contribution is -0.167. The highest BCUT2D eigenvalue weighted by Gasteiger charge is 2.63. The summed E-state index contributed by atoms with van der Waals surface area (Å²) in [5, 5.41) is 22.7. The van der Waals surface area contributed by atoms with Crippen molar-refractivity contribution in [3.05, 3.63) is 93.7 Å². The molecule has 0 unspecified atom stereocenters. The molecular weight excluding hydrogens is 940 g/mol. The summed E-state index contributed by atoms with van der Waals surface area (Å²) in [6.07, 6.45) is 11.7. The van der Waals surface area contributed by atoms with Crippen LogP contribution in [-0.2, 0) is 36.0 Å². The third-order valence-corrected chi connectivity index (χ3v) is 16.4. The van der Waals surface area contributed by atoms with E-state index in [1.54, 1.807) is 67.7 Å². The van der Waals surface area contributed by atoms with Crippen molar-refractivity contribution >= 4 is 40.7 Å². The molecule has 2 saturated carbocycles. The van der Waals surface area contributed by atoms with Gasteiger partial charge < -0.3 is 29.5 Å². The van der Waals surface area contributed by atoms with Crippen molar-refractivity contribution < 1.29 is 27.8 Å². The number of nitrogens with one attached hydrogen (secondary N) is 1. The number of halogens is 3. The Morgan fingerprint density at radius 1 is 0.944 bits per heavy atom. The number of ether oxygens (including phenoxy) is 2. The van der Waals surface area contributed by atoms with Gasteiger partial charge in [-0.2, -0.15) is 15.5 Å². The van der Waals surface area contributed by atoms with Crippen molar-refractivity contribution in [3.8, 4) is 22.9 Å². The first-order valence-corrected chi connectivity index (χ1v) is 25.8. The van der Waals surface area contributed by atoms with Gasteiger partial charge in [0, 0.05) is 116 Å². The number of aryl methyl sites for hydroxylation is 2. The van der Waals surface area contributed by atoms with E-state index < -0.39 is 6.43 Å². The summed E-state index contributed by atoms with van der Waals surface area (Å²) in [6, 6.07) is 10.9. The predicted octanol–water partition coefficient (Wildman–Crippen LogP) is 9.35. The highest BCUT2D eigenvalue weighted by Crippen LogP contribution is 2.55. The Balaban J connectivity index is 0.730. The normalized spacial score (nSPS) is 22.8. The highest BCUT2D eigenvalue weighted by molar-refractivity contribution is 6.31. The molecule has 2 aromatic carbocycles. The largest absolute Gasteiger partial charge is 0.489 e. The first-order chi connectivity index (χ1) is 34.5. The van der Waals surface area contributed by atoms with E-state index in [1.165, 1.54) is 0 Å². The number of aromatic nitrogens is 6. The van der Waals surface area contributed by atoms with Crippen molar-refractivity contribution in [2.75, 3.05) is 42.5 Å². The lowest BCUT2D eigenvalue weighted by atomic mass is 9.49. The highest BCUT2D eigenvalue weighted by atomic mass is 35.5. The van der Waals surface area contributed by atoms with Crippen LogP contribution in [0.25, 0.3) is 11.1 Å². The van der Waals surface area contributed by atoms with Crippen molar-refractivity contribution in [2.24, 2.45) is 17.9 Å². The number of carbonyl (C=O) groups excluding carboxylic acids is 2. The van der Waals surface area contributed by atoms with Crippen LogP contribution in [0.4, 0.5) is 26.2 Å². The number of Topliss-reactive ketones (excluding diaryl/α,β-unsaturated/α-hetero) is 1. The molecule has 1 saturated heterocycles. The van der Waals surface area contributed by atoms with Gasteiger partial charge in [-0.05, 0) is 86.8 Å². The van der Waals surface area contributed by atoms with E-state index in [-0.39, 0.29) is 65.0 Å². The Morgan fingerprint density at radius 3 is 2.32 bits per heavy atom. The molecule has 15 nitrogen and oxygen atoms in total. The fourth-order valence-corrected chi connectivity index (χ4v) is 12.9. The minimum absolute atomic E-state index is 0.00495. The van der Waals surface area contributed by atoms with Gasteiger partial charge in [-0.3, -0.25) is 19.0 Å². The lowest BCUT2D eigenvalue weighted by Gasteiger charge is -2.63. The summed E-state index contributed by atoms with van der Waals surface area (Å²) in [5.74, 6) is 1.91. The van der Waals surface area contributed by atoms with E-state index in [0.29, 0.717) is 65.0 Å². The maximum absolute atomic E-state index is 14.8. The van der Waals surface area contributed by atoms with E-state index in [9.17, 15) is 23.6 Å². The zero-order valence-corrected chi connectivity index (χ0v) is 42.8. The average molecular weight is 1000 g/mol. The van der Waals surface area contributed by atoms with Crippen LogP contribution < -0.4 is 19.9 Å². The summed E-state index contributed by atoms with van der Waals surface area (Å²) in [5.41, 5.74) is 5.33. The number of rotatable bonds is 13. The molecule has 18 heteroatoms. The Hall–Kier alpha value is -5.96. The summed E-state index contributed by atoms with van der Waals surface area (Å²) in [4.78, 5) is 41.5. The van der Waals surface area contributed by atoms with Crippen molar-refractivity contribution in [1.82, 2.24) is 39.7 Å². The van der Waals surface area contributed by atoms with Crippen LogP contribution in [0.2, 0.25) is 5.02 Å². The molecule has 0 spiro atoms. The maximum Gasteiger partial charge on any atom is 0.264 e.